The summed E-state index contributed by atoms with van der Waals surface area (Å²) in [5, 5.41) is 3.06. The number of likely N-dealkylation sites (tertiary alicyclic amines) is 1. The number of benzene rings is 1. The summed E-state index contributed by atoms with van der Waals surface area (Å²) < 4.78 is 0. The van der Waals surface area contributed by atoms with Crippen molar-refractivity contribution in [3.8, 4) is 0 Å². The van der Waals surface area contributed by atoms with Gasteiger partial charge < -0.3 is 11.1 Å². The van der Waals surface area contributed by atoms with E-state index in [9.17, 15) is 4.79 Å². The average molecular weight is 289 g/mol. The summed E-state index contributed by atoms with van der Waals surface area (Å²) in [6, 6.07) is 10.7. The minimum absolute atomic E-state index is 0.0727. The van der Waals surface area contributed by atoms with E-state index in [2.05, 4.69) is 41.4 Å². The monoisotopic (exact) mass is 289 g/mol. The Morgan fingerprint density at radius 1 is 1.43 bits per heavy atom. The maximum absolute atomic E-state index is 12.0. The Kier molecular flexibility index (Phi) is 5.01. The van der Waals surface area contributed by atoms with Crippen LogP contribution in [0.5, 0.6) is 0 Å². The van der Waals surface area contributed by atoms with Crippen LogP contribution in [0.1, 0.15) is 32.8 Å². The van der Waals surface area contributed by atoms with Gasteiger partial charge in [-0.05, 0) is 45.2 Å². The summed E-state index contributed by atoms with van der Waals surface area (Å²) >= 11 is 0. The molecule has 2 atom stereocenters. The molecule has 1 aliphatic heterocycles. The lowest BCUT2D eigenvalue weighted by Crippen LogP contribution is -2.53. The molecule has 1 aromatic carbocycles. The first-order valence-corrected chi connectivity index (χ1v) is 7.72. The molecule has 4 heteroatoms. The Hall–Kier alpha value is -1.39. The molecule has 1 heterocycles. The van der Waals surface area contributed by atoms with Crippen molar-refractivity contribution in [2.45, 2.75) is 45.3 Å². The van der Waals surface area contributed by atoms with Crippen LogP contribution in [0.3, 0.4) is 0 Å². The van der Waals surface area contributed by atoms with E-state index in [-0.39, 0.29) is 11.9 Å². The number of carbonyl (C=O) groups excluding carboxylic acids is 1. The maximum Gasteiger partial charge on any atom is 0.239 e. The number of nitrogens with two attached hydrogens (primary N) is 1. The van der Waals surface area contributed by atoms with Gasteiger partial charge in [0.05, 0.1) is 5.54 Å². The van der Waals surface area contributed by atoms with Crippen LogP contribution in [-0.2, 0) is 11.3 Å². The van der Waals surface area contributed by atoms with E-state index in [1.807, 2.05) is 6.07 Å². The molecule has 0 saturated carbocycles. The third kappa shape index (κ3) is 4.55. The van der Waals surface area contributed by atoms with Gasteiger partial charge in [0.1, 0.15) is 0 Å². The number of carbonyl (C=O) groups is 1. The van der Waals surface area contributed by atoms with E-state index in [0.29, 0.717) is 5.92 Å². The molecule has 1 amide bonds. The highest BCUT2D eigenvalue weighted by Crippen LogP contribution is 2.21. The van der Waals surface area contributed by atoms with Crippen molar-refractivity contribution in [3.63, 3.8) is 0 Å². The fourth-order valence-electron chi connectivity index (χ4n) is 2.77. The van der Waals surface area contributed by atoms with Crippen LogP contribution in [0.25, 0.3) is 0 Å². The fourth-order valence-corrected chi connectivity index (χ4v) is 2.77. The molecule has 3 N–H and O–H groups in total. The van der Waals surface area contributed by atoms with Crippen molar-refractivity contribution >= 4 is 5.91 Å². The third-order valence-corrected chi connectivity index (χ3v) is 4.21. The van der Waals surface area contributed by atoms with Crippen LogP contribution in [0, 0.1) is 5.92 Å². The lowest BCUT2D eigenvalue weighted by Gasteiger charge is -2.26. The largest absolute Gasteiger partial charge is 0.352 e. The fraction of sp³-hybridized carbons (Fsp3) is 0.588. The van der Waals surface area contributed by atoms with Crippen molar-refractivity contribution in [2.24, 2.45) is 11.7 Å². The molecule has 1 aliphatic rings. The highest BCUT2D eigenvalue weighted by atomic mass is 16.2. The first-order chi connectivity index (χ1) is 9.86. The molecule has 0 aromatic heterocycles. The van der Waals surface area contributed by atoms with Crippen molar-refractivity contribution in [1.82, 2.24) is 10.2 Å². The quantitative estimate of drug-likeness (QED) is 0.868. The lowest BCUT2D eigenvalue weighted by molar-refractivity contribution is -0.126. The molecule has 1 aromatic rings. The van der Waals surface area contributed by atoms with E-state index in [1.54, 1.807) is 13.8 Å². The molecule has 0 spiro atoms. The van der Waals surface area contributed by atoms with Gasteiger partial charge in [0.2, 0.25) is 5.91 Å². The smallest absolute Gasteiger partial charge is 0.239 e. The SMILES string of the molecule is CC(NC(=O)C(C)(C)N)C1CCN(Cc2ccccc2)C1. The van der Waals surface area contributed by atoms with Gasteiger partial charge in [0.15, 0.2) is 0 Å². The van der Waals surface area contributed by atoms with Crippen molar-refractivity contribution in [2.75, 3.05) is 13.1 Å². The number of hydrogen-bond acceptors (Lipinski definition) is 3. The molecule has 116 valence electrons. The van der Waals surface area contributed by atoms with Gasteiger partial charge >= 0.3 is 0 Å². The summed E-state index contributed by atoms with van der Waals surface area (Å²) in [5.41, 5.74) is 6.37. The van der Waals surface area contributed by atoms with Gasteiger partial charge in [0, 0.05) is 19.1 Å². The predicted molar refractivity (Wildman–Crippen MR) is 85.7 cm³/mol. The predicted octanol–water partition coefficient (Wildman–Crippen LogP) is 1.75. The summed E-state index contributed by atoms with van der Waals surface area (Å²) in [5.74, 6) is 0.427. The van der Waals surface area contributed by atoms with Gasteiger partial charge in [0.25, 0.3) is 0 Å². The number of rotatable bonds is 5. The van der Waals surface area contributed by atoms with E-state index in [0.717, 1.165) is 26.1 Å². The second kappa shape index (κ2) is 6.58. The number of hydrogen-bond donors (Lipinski definition) is 2. The molecular weight excluding hydrogens is 262 g/mol. The summed E-state index contributed by atoms with van der Waals surface area (Å²) in [4.78, 5) is 14.4. The minimum Gasteiger partial charge on any atom is -0.352 e. The standard InChI is InChI=1S/C17H27N3O/c1-13(19-16(21)17(2,3)18)15-9-10-20(12-15)11-14-7-5-4-6-8-14/h4-8,13,15H,9-12,18H2,1-3H3,(H,19,21). The second-order valence-corrected chi connectivity index (χ2v) is 6.75. The number of amides is 1. The van der Waals surface area contributed by atoms with Crippen molar-refractivity contribution in [1.29, 1.82) is 0 Å². The highest BCUT2D eigenvalue weighted by molar-refractivity contribution is 5.85. The van der Waals surface area contributed by atoms with E-state index >= 15 is 0 Å². The molecule has 1 saturated heterocycles. The molecule has 0 radical (unpaired) electrons. The molecular formula is C17H27N3O. The van der Waals surface area contributed by atoms with Crippen LogP contribution >= 0.6 is 0 Å². The maximum atomic E-state index is 12.0. The van der Waals surface area contributed by atoms with Gasteiger partial charge in [-0.3, -0.25) is 9.69 Å². The van der Waals surface area contributed by atoms with Crippen LogP contribution in [0.4, 0.5) is 0 Å². The van der Waals surface area contributed by atoms with Crippen LogP contribution in [0.15, 0.2) is 30.3 Å². The normalized spacial score (nSPS) is 21.2. The topological polar surface area (TPSA) is 58.4 Å². The molecule has 0 aliphatic carbocycles. The highest BCUT2D eigenvalue weighted by Gasteiger charge is 2.30. The molecule has 21 heavy (non-hydrogen) atoms. The molecule has 4 nitrogen and oxygen atoms in total. The zero-order valence-electron chi connectivity index (χ0n) is 13.3. The lowest BCUT2D eigenvalue weighted by atomic mass is 9.98. The van der Waals surface area contributed by atoms with Crippen molar-refractivity contribution in [3.05, 3.63) is 35.9 Å². The van der Waals surface area contributed by atoms with E-state index < -0.39 is 5.54 Å². The Bertz CT molecular complexity index is 467. The van der Waals surface area contributed by atoms with Gasteiger partial charge in [-0.2, -0.15) is 0 Å². The second-order valence-electron chi connectivity index (χ2n) is 6.75. The van der Waals surface area contributed by atoms with E-state index in [1.165, 1.54) is 5.56 Å². The van der Waals surface area contributed by atoms with Crippen molar-refractivity contribution < 1.29 is 4.79 Å². The Morgan fingerprint density at radius 3 is 2.71 bits per heavy atom. The molecule has 1 fully saturated rings. The van der Waals surface area contributed by atoms with Gasteiger partial charge in [-0.15, -0.1) is 0 Å². The van der Waals surface area contributed by atoms with Gasteiger partial charge in [-0.1, -0.05) is 30.3 Å². The van der Waals surface area contributed by atoms with Crippen LogP contribution in [-0.4, -0.2) is 35.5 Å². The first-order valence-electron chi connectivity index (χ1n) is 7.72. The molecule has 0 bridgehead atoms. The minimum atomic E-state index is -0.809. The Labute approximate surface area is 127 Å². The Morgan fingerprint density at radius 2 is 2.10 bits per heavy atom. The zero-order valence-corrected chi connectivity index (χ0v) is 13.3. The Balaban J connectivity index is 1.83. The van der Waals surface area contributed by atoms with Crippen LogP contribution < -0.4 is 11.1 Å². The summed E-state index contributed by atoms with van der Waals surface area (Å²) in [7, 11) is 0. The zero-order chi connectivity index (χ0) is 15.5. The average Bonchev–Trinajstić information content (AvgIpc) is 2.87. The molecule has 2 rings (SSSR count). The first kappa shape index (κ1) is 16.0. The summed E-state index contributed by atoms with van der Waals surface area (Å²) in [6.07, 6.45) is 1.12. The van der Waals surface area contributed by atoms with Crippen LogP contribution in [0.2, 0.25) is 0 Å². The third-order valence-electron chi connectivity index (χ3n) is 4.21. The van der Waals surface area contributed by atoms with Gasteiger partial charge in [-0.25, -0.2) is 0 Å². The molecule has 2 unspecified atom stereocenters. The number of nitrogens with one attached hydrogen (secondary N) is 1. The van der Waals surface area contributed by atoms with E-state index in [4.69, 9.17) is 5.73 Å². The summed E-state index contributed by atoms with van der Waals surface area (Å²) in [6.45, 7) is 8.67. The number of nitrogens with zero attached hydrogens (tertiary/aromatic N) is 1.